The van der Waals surface area contributed by atoms with E-state index >= 15 is 0 Å². The van der Waals surface area contributed by atoms with Crippen LogP contribution in [-0.2, 0) is 11.2 Å². The molecule has 0 unspecified atom stereocenters. The summed E-state index contributed by atoms with van der Waals surface area (Å²) in [6.07, 6.45) is 2.44. The van der Waals surface area contributed by atoms with E-state index in [1.165, 1.54) is 5.56 Å². The number of urea groups is 1. The smallest absolute Gasteiger partial charge is 0.326 e. The Labute approximate surface area is 134 Å². The standard InChI is InChI=1S/C18H16N2O3/c21-17-16(19-18(22)20-17)12-14-7-4-8-15(11-14)23-10-9-13-5-2-1-3-6-13/h1-8,11-12H,9-10H2,(H2,19,20,21,22)/b16-12-. The molecule has 2 aromatic rings. The summed E-state index contributed by atoms with van der Waals surface area (Å²) in [6, 6.07) is 17.0. The molecule has 0 saturated carbocycles. The summed E-state index contributed by atoms with van der Waals surface area (Å²) in [4.78, 5) is 22.6. The average Bonchev–Trinajstić information content (AvgIpc) is 2.86. The number of nitrogens with one attached hydrogen (secondary N) is 2. The van der Waals surface area contributed by atoms with Gasteiger partial charge in [0.25, 0.3) is 5.91 Å². The first-order chi connectivity index (χ1) is 11.2. The molecule has 3 amide bonds. The molecule has 23 heavy (non-hydrogen) atoms. The van der Waals surface area contributed by atoms with Gasteiger partial charge in [-0.1, -0.05) is 42.5 Å². The van der Waals surface area contributed by atoms with Gasteiger partial charge in [0.15, 0.2) is 0 Å². The first-order valence-corrected chi connectivity index (χ1v) is 7.31. The maximum absolute atomic E-state index is 11.5. The molecule has 0 aliphatic carbocycles. The van der Waals surface area contributed by atoms with Crippen LogP contribution in [0.2, 0.25) is 0 Å². The van der Waals surface area contributed by atoms with E-state index in [0.717, 1.165) is 17.7 Å². The molecule has 0 radical (unpaired) electrons. The minimum atomic E-state index is -0.503. The third-order valence-corrected chi connectivity index (χ3v) is 3.39. The molecule has 5 heteroatoms. The number of carbonyl (C=O) groups excluding carboxylic acids is 2. The predicted molar refractivity (Wildman–Crippen MR) is 86.7 cm³/mol. The molecule has 2 aromatic carbocycles. The van der Waals surface area contributed by atoms with E-state index in [4.69, 9.17) is 4.74 Å². The molecular formula is C18H16N2O3. The Morgan fingerprint density at radius 2 is 1.78 bits per heavy atom. The monoisotopic (exact) mass is 308 g/mol. The third kappa shape index (κ3) is 3.97. The predicted octanol–water partition coefficient (Wildman–Crippen LogP) is 2.49. The van der Waals surface area contributed by atoms with Crippen LogP contribution in [0.25, 0.3) is 6.08 Å². The summed E-state index contributed by atoms with van der Waals surface area (Å²) in [5, 5.41) is 4.62. The molecule has 116 valence electrons. The van der Waals surface area contributed by atoms with Crippen LogP contribution in [0.15, 0.2) is 60.3 Å². The zero-order chi connectivity index (χ0) is 16.1. The largest absolute Gasteiger partial charge is 0.493 e. The van der Waals surface area contributed by atoms with Gasteiger partial charge in [-0.25, -0.2) is 4.79 Å². The second kappa shape index (κ2) is 6.79. The summed E-state index contributed by atoms with van der Waals surface area (Å²) >= 11 is 0. The third-order valence-electron chi connectivity index (χ3n) is 3.39. The zero-order valence-electron chi connectivity index (χ0n) is 12.4. The minimum absolute atomic E-state index is 0.233. The van der Waals surface area contributed by atoms with Crippen molar-refractivity contribution in [2.24, 2.45) is 0 Å². The van der Waals surface area contributed by atoms with Crippen LogP contribution in [0.1, 0.15) is 11.1 Å². The van der Waals surface area contributed by atoms with E-state index in [1.54, 1.807) is 6.08 Å². The Kier molecular flexibility index (Phi) is 4.38. The molecule has 3 rings (SSSR count). The topological polar surface area (TPSA) is 67.4 Å². The highest BCUT2D eigenvalue weighted by molar-refractivity contribution is 6.13. The molecule has 1 saturated heterocycles. The van der Waals surface area contributed by atoms with Gasteiger partial charge in [-0.05, 0) is 29.3 Å². The second-order valence-corrected chi connectivity index (χ2v) is 5.12. The lowest BCUT2D eigenvalue weighted by Crippen LogP contribution is -2.22. The van der Waals surface area contributed by atoms with Gasteiger partial charge >= 0.3 is 6.03 Å². The normalized spacial score (nSPS) is 15.4. The van der Waals surface area contributed by atoms with Crippen molar-refractivity contribution < 1.29 is 14.3 Å². The van der Waals surface area contributed by atoms with Crippen molar-refractivity contribution in [3.63, 3.8) is 0 Å². The number of benzene rings is 2. The van der Waals surface area contributed by atoms with E-state index in [2.05, 4.69) is 22.8 Å². The zero-order valence-corrected chi connectivity index (χ0v) is 12.4. The summed E-state index contributed by atoms with van der Waals surface area (Å²) < 4.78 is 5.75. The first kappa shape index (κ1) is 14.8. The summed E-state index contributed by atoms with van der Waals surface area (Å²) in [6.45, 7) is 0.571. The van der Waals surface area contributed by atoms with Crippen molar-refractivity contribution in [1.29, 1.82) is 0 Å². The molecular weight excluding hydrogens is 292 g/mol. The van der Waals surface area contributed by atoms with Crippen molar-refractivity contribution in [2.45, 2.75) is 6.42 Å². The molecule has 1 fully saturated rings. The Morgan fingerprint density at radius 1 is 0.957 bits per heavy atom. The van der Waals surface area contributed by atoms with Gasteiger partial charge in [-0.2, -0.15) is 0 Å². The van der Waals surface area contributed by atoms with Crippen molar-refractivity contribution in [3.05, 3.63) is 71.4 Å². The van der Waals surface area contributed by atoms with Gasteiger partial charge in [-0.3, -0.25) is 10.1 Å². The Morgan fingerprint density at radius 3 is 2.52 bits per heavy atom. The molecule has 0 aromatic heterocycles. The van der Waals surface area contributed by atoms with E-state index in [1.807, 2.05) is 42.5 Å². The van der Waals surface area contributed by atoms with Gasteiger partial charge in [0.1, 0.15) is 11.4 Å². The van der Waals surface area contributed by atoms with Crippen LogP contribution in [0.5, 0.6) is 5.75 Å². The fourth-order valence-electron chi connectivity index (χ4n) is 2.27. The number of hydrogen-bond donors (Lipinski definition) is 2. The van der Waals surface area contributed by atoms with Crippen LogP contribution in [0.4, 0.5) is 4.79 Å². The van der Waals surface area contributed by atoms with E-state index in [9.17, 15) is 9.59 Å². The van der Waals surface area contributed by atoms with Gasteiger partial charge in [0.05, 0.1) is 6.61 Å². The lowest BCUT2D eigenvalue weighted by molar-refractivity contribution is -0.115. The van der Waals surface area contributed by atoms with Crippen molar-refractivity contribution in [1.82, 2.24) is 10.6 Å². The van der Waals surface area contributed by atoms with Gasteiger partial charge < -0.3 is 10.1 Å². The minimum Gasteiger partial charge on any atom is -0.493 e. The SMILES string of the molecule is O=C1NC(=O)/C(=C/c2cccc(OCCc3ccccc3)c2)N1. The lowest BCUT2D eigenvalue weighted by atomic mass is 10.1. The molecule has 1 heterocycles. The van der Waals surface area contributed by atoms with Crippen molar-refractivity contribution in [3.8, 4) is 5.75 Å². The maximum Gasteiger partial charge on any atom is 0.326 e. The highest BCUT2D eigenvalue weighted by atomic mass is 16.5. The first-order valence-electron chi connectivity index (χ1n) is 7.31. The van der Waals surface area contributed by atoms with Crippen molar-refractivity contribution in [2.75, 3.05) is 6.61 Å². The molecule has 0 spiro atoms. The van der Waals surface area contributed by atoms with Gasteiger partial charge in [0.2, 0.25) is 0 Å². The quantitative estimate of drug-likeness (QED) is 0.659. The molecule has 1 aliphatic rings. The summed E-state index contributed by atoms with van der Waals surface area (Å²) in [5.41, 5.74) is 2.24. The van der Waals surface area contributed by atoms with Crippen LogP contribution in [0.3, 0.4) is 0 Å². The average molecular weight is 308 g/mol. The summed E-state index contributed by atoms with van der Waals surface area (Å²) in [7, 11) is 0. The maximum atomic E-state index is 11.5. The highest BCUT2D eigenvalue weighted by Gasteiger charge is 2.22. The van der Waals surface area contributed by atoms with Crippen LogP contribution >= 0.6 is 0 Å². The van der Waals surface area contributed by atoms with Crippen LogP contribution in [-0.4, -0.2) is 18.5 Å². The molecule has 2 N–H and O–H groups in total. The number of amides is 3. The van der Waals surface area contributed by atoms with Crippen LogP contribution < -0.4 is 15.4 Å². The molecule has 1 aliphatic heterocycles. The Hall–Kier alpha value is -3.08. The molecule has 5 nitrogen and oxygen atoms in total. The highest BCUT2D eigenvalue weighted by Crippen LogP contribution is 2.16. The number of hydrogen-bond acceptors (Lipinski definition) is 3. The summed E-state index contributed by atoms with van der Waals surface area (Å²) in [5.74, 6) is 0.297. The molecule has 0 atom stereocenters. The fourth-order valence-corrected chi connectivity index (χ4v) is 2.27. The Bertz CT molecular complexity index is 754. The lowest BCUT2D eigenvalue weighted by Gasteiger charge is -2.07. The molecule has 0 bridgehead atoms. The number of imide groups is 1. The van der Waals surface area contributed by atoms with E-state index in [-0.39, 0.29) is 5.70 Å². The van der Waals surface area contributed by atoms with Crippen LogP contribution in [0, 0.1) is 0 Å². The Balaban J connectivity index is 1.62. The fraction of sp³-hybridized carbons (Fsp3) is 0.111. The number of rotatable bonds is 5. The number of carbonyl (C=O) groups is 2. The second-order valence-electron chi connectivity index (χ2n) is 5.12. The van der Waals surface area contributed by atoms with Gasteiger partial charge in [-0.15, -0.1) is 0 Å². The van der Waals surface area contributed by atoms with Crippen molar-refractivity contribution >= 4 is 18.0 Å². The van der Waals surface area contributed by atoms with Gasteiger partial charge in [0, 0.05) is 6.42 Å². The van der Waals surface area contributed by atoms with E-state index in [0.29, 0.717) is 6.61 Å². The van der Waals surface area contributed by atoms with E-state index < -0.39 is 11.9 Å². The number of ether oxygens (including phenoxy) is 1.